The molecule has 1 aromatic carbocycles. The Bertz CT molecular complexity index is 572. The quantitative estimate of drug-likeness (QED) is 0.366. The van der Waals surface area contributed by atoms with Crippen molar-refractivity contribution in [2.45, 2.75) is 33.6 Å². The molecule has 8 nitrogen and oxygen atoms in total. The molecule has 0 aliphatic heterocycles. The summed E-state index contributed by atoms with van der Waals surface area (Å²) in [7, 11) is 0. The van der Waals surface area contributed by atoms with E-state index in [4.69, 9.17) is 23.2 Å². The summed E-state index contributed by atoms with van der Waals surface area (Å²) < 4.78 is 0. The molecule has 116 valence electrons. The van der Waals surface area contributed by atoms with Crippen molar-refractivity contribution in [3.63, 3.8) is 0 Å². The van der Waals surface area contributed by atoms with Crippen molar-refractivity contribution in [3.05, 3.63) is 22.8 Å². The number of carbonyl (C=O) groups excluding carboxylic acids is 2. The van der Waals surface area contributed by atoms with E-state index in [2.05, 4.69) is 0 Å². The molecular formula is C13H22N6O2. The Kier molecular flexibility index (Phi) is 5.12. The second kappa shape index (κ2) is 6.42. The number of amides is 4. The molecule has 0 aromatic heterocycles. The molecule has 0 aliphatic carbocycles. The lowest BCUT2D eigenvalue weighted by Crippen LogP contribution is -2.44. The van der Waals surface area contributed by atoms with Crippen LogP contribution < -0.4 is 33.2 Å². The predicted molar refractivity (Wildman–Crippen MR) is 82.4 cm³/mol. The van der Waals surface area contributed by atoms with E-state index in [0.717, 1.165) is 26.7 Å². The van der Waals surface area contributed by atoms with Gasteiger partial charge in [0.15, 0.2) is 0 Å². The van der Waals surface area contributed by atoms with Crippen molar-refractivity contribution in [2.75, 3.05) is 10.0 Å². The molecule has 0 saturated heterocycles. The topological polar surface area (TPSA) is 145 Å². The first kappa shape index (κ1) is 16.7. The van der Waals surface area contributed by atoms with Crippen LogP contribution in [0.15, 0.2) is 6.07 Å². The van der Waals surface area contributed by atoms with Crippen molar-refractivity contribution in [3.8, 4) is 0 Å². The van der Waals surface area contributed by atoms with Crippen molar-refractivity contribution < 1.29 is 9.59 Å². The normalized spacial score (nSPS) is 10.3. The largest absolute Gasteiger partial charge is 0.350 e. The molecule has 0 saturated carbocycles. The molecule has 8 N–H and O–H groups in total. The molecule has 0 atom stereocenters. The van der Waals surface area contributed by atoms with Gasteiger partial charge in [-0.3, -0.25) is 0 Å². The summed E-state index contributed by atoms with van der Waals surface area (Å²) >= 11 is 0. The van der Waals surface area contributed by atoms with E-state index in [0.29, 0.717) is 24.2 Å². The van der Waals surface area contributed by atoms with Gasteiger partial charge in [0.1, 0.15) is 0 Å². The number of carbonyl (C=O) groups is 2. The van der Waals surface area contributed by atoms with E-state index in [1.54, 1.807) is 13.0 Å². The molecule has 0 radical (unpaired) electrons. The lowest BCUT2D eigenvalue weighted by Gasteiger charge is -2.26. The number of benzene rings is 1. The molecule has 0 bridgehead atoms. The molecule has 0 spiro atoms. The average molecular weight is 294 g/mol. The van der Waals surface area contributed by atoms with Crippen LogP contribution >= 0.6 is 0 Å². The number of primary amides is 2. The monoisotopic (exact) mass is 294 g/mol. The summed E-state index contributed by atoms with van der Waals surface area (Å²) in [5.41, 5.74) is 13.8. The van der Waals surface area contributed by atoms with Gasteiger partial charge in [-0.05, 0) is 42.5 Å². The van der Waals surface area contributed by atoms with Gasteiger partial charge in [0, 0.05) is 0 Å². The summed E-state index contributed by atoms with van der Waals surface area (Å²) in [5, 5.41) is 1.79. The summed E-state index contributed by atoms with van der Waals surface area (Å²) in [6.07, 6.45) is 1.18. The standard InChI is InChI=1S/C13H22N6O2/c1-4-8-6-10(18(16)12(14)20)7(3)9(5-2)11(8)19(17)13(15)21/h6H,4-5,16-17H2,1-3H3,(H2,14,20)(H2,15,21). The van der Waals surface area contributed by atoms with Crippen LogP contribution in [-0.2, 0) is 12.8 Å². The third-order valence-corrected chi connectivity index (χ3v) is 3.45. The third kappa shape index (κ3) is 3.06. The summed E-state index contributed by atoms with van der Waals surface area (Å²) in [5.74, 6) is 11.5. The van der Waals surface area contributed by atoms with Crippen LogP contribution in [0, 0.1) is 6.92 Å². The van der Waals surface area contributed by atoms with E-state index in [-0.39, 0.29) is 0 Å². The number of anilines is 2. The van der Waals surface area contributed by atoms with Crippen LogP contribution in [0.3, 0.4) is 0 Å². The van der Waals surface area contributed by atoms with E-state index in [9.17, 15) is 9.59 Å². The number of hydrazine groups is 2. The fourth-order valence-corrected chi connectivity index (χ4v) is 2.35. The first-order valence-corrected chi connectivity index (χ1v) is 6.60. The smallest absolute Gasteiger partial charge is 0.333 e. The van der Waals surface area contributed by atoms with Crippen molar-refractivity contribution in [1.82, 2.24) is 0 Å². The number of nitrogens with two attached hydrogens (primary N) is 4. The van der Waals surface area contributed by atoms with Crippen LogP contribution in [0.25, 0.3) is 0 Å². The Morgan fingerprint density at radius 1 is 1.05 bits per heavy atom. The SMILES string of the molecule is CCc1cc(N(N)C(N)=O)c(C)c(CC)c1N(N)C(N)=O. The molecular weight excluding hydrogens is 272 g/mol. The summed E-state index contributed by atoms with van der Waals surface area (Å²) in [6, 6.07) is 0.165. The number of hydrogen-bond donors (Lipinski definition) is 4. The van der Waals surface area contributed by atoms with E-state index >= 15 is 0 Å². The molecule has 8 heteroatoms. The minimum absolute atomic E-state index is 0.484. The number of hydrogen-bond acceptors (Lipinski definition) is 4. The maximum absolute atomic E-state index is 11.4. The third-order valence-electron chi connectivity index (χ3n) is 3.45. The van der Waals surface area contributed by atoms with E-state index in [1.165, 1.54) is 0 Å². The maximum Gasteiger partial charge on any atom is 0.333 e. The Morgan fingerprint density at radius 3 is 1.95 bits per heavy atom. The predicted octanol–water partition coefficient (Wildman–Crippen LogP) is 0.637. The Labute approximate surface area is 123 Å². The van der Waals surface area contributed by atoms with Gasteiger partial charge in [0.25, 0.3) is 0 Å². The number of urea groups is 2. The van der Waals surface area contributed by atoms with Gasteiger partial charge in [-0.25, -0.2) is 31.3 Å². The van der Waals surface area contributed by atoms with E-state index < -0.39 is 12.1 Å². The molecule has 21 heavy (non-hydrogen) atoms. The molecule has 1 rings (SSSR count). The lowest BCUT2D eigenvalue weighted by atomic mass is 9.95. The molecule has 1 aromatic rings. The van der Waals surface area contributed by atoms with Gasteiger partial charge in [-0.15, -0.1) is 0 Å². The van der Waals surface area contributed by atoms with Gasteiger partial charge in [0.05, 0.1) is 11.4 Å². The summed E-state index contributed by atoms with van der Waals surface area (Å²) in [4.78, 5) is 22.7. The molecule has 0 heterocycles. The minimum Gasteiger partial charge on any atom is -0.350 e. The van der Waals surface area contributed by atoms with Crippen LogP contribution in [0.2, 0.25) is 0 Å². The zero-order valence-corrected chi connectivity index (χ0v) is 12.5. The molecule has 0 aliphatic rings. The second-order valence-corrected chi connectivity index (χ2v) is 4.63. The van der Waals surface area contributed by atoms with Gasteiger partial charge in [-0.1, -0.05) is 13.8 Å². The lowest BCUT2D eigenvalue weighted by molar-refractivity contribution is 0.253. The zero-order chi connectivity index (χ0) is 16.3. The number of nitrogens with zero attached hydrogens (tertiary/aromatic N) is 2. The highest BCUT2D eigenvalue weighted by molar-refractivity contribution is 5.95. The van der Waals surface area contributed by atoms with Gasteiger partial charge < -0.3 is 11.5 Å². The Balaban J connectivity index is 3.65. The number of rotatable bonds is 4. The highest BCUT2D eigenvalue weighted by Gasteiger charge is 2.22. The van der Waals surface area contributed by atoms with Gasteiger partial charge >= 0.3 is 12.1 Å². The van der Waals surface area contributed by atoms with Crippen molar-refractivity contribution in [2.24, 2.45) is 23.2 Å². The first-order chi connectivity index (χ1) is 9.76. The van der Waals surface area contributed by atoms with Crippen molar-refractivity contribution in [1.29, 1.82) is 0 Å². The van der Waals surface area contributed by atoms with E-state index in [1.807, 2.05) is 13.8 Å². The van der Waals surface area contributed by atoms with Crippen LogP contribution in [-0.4, -0.2) is 12.1 Å². The molecule has 4 amide bonds. The maximum atomic E-state index is 11.4. The summed E-state index contributed by atoms with van der Waals surface area (Å²) in [6.45, 7) is 5.60. The minimum atomic E-state index is -0.769. The fourth-order valence-electron chi connectivity index (χ4n) is 2.35. The number of aryl methyl sites for hydroxylation is 1. The van der Waals surface area contributed by atoms with Gasteiger partial charge in [-0.2, -0.15) is 0 Å². The fraction of sp³-hybridized carbons (Fsp3) is 0.385. The highest BCUT2D eigenvalue weighted by Crippen LogP contribution is 2.34. The highest BCUT2D eigenvalue weighted by atomic mass is 16.2. The van der Waals surface area contributed by atoms with Crippen molar-refractivity contribution >= 4 is 23.4 Å². The van der Waals surface area contributed by atoms with Crippen LogP contribution in [0.5, 0.6) is 0 Å². The molecule has 0 fully saturated rings. The van der Waals surface area contributed by atoms with Gasteiger partial charge in [0.2, 0.25) is 0 Å². The Morgan fingerprint density at radius 2 is 1.57 bits per heavy atom. The molecule has 0 unspecified atom stereocenters. The second-order valence-electron chi connectivity index (χ2n) is 4.63. The zero-order valence-electron chi connectivity index (χ0n) is 12.5. The van der Waals surface area contributed by atoms with Crippen LogP contribution in [0.4, 0.5) is 21.0 Å². The van der Waals surface area contributed by atoms with Crippen LogP contribution in [0.1, 0.15) is 30.5 Å². The average Bonchev–Trinajstić information content (AvgIpc) is 2.44. The Hall–Kier alpha value is -2.32. The first-order valence-electron chi connectivity index (χ1n) is 6.60.